The Bertz CT molecular complexity index is 647. The normalized spacial score (nSPS) is 12.6. The second-order valence-electron chi connectivity index (χ2n) is 3.97. The van der Waals surface area contributed by atoms with Gasteiger partial charge in [-0.3, -0.25) is 0 Å². The van der Waals surface area contributed by atoms with Gasteiger partial charge in [-0.15, -0.1) is 0 Å². The molecule has 1 atom stereocenters. The molecule has 106 valence electrons. The van der Waals surface area contributed by atoms with Crippen molar-refractivity contribution < 1.29 is 31.4 Å². The lowest BCUT2D eigenvalue weighted by molar-refractivity contribution is 0.211. The third-order valence-corrected chi connectivity index (χ3v) is 2.68. The lowest BCUT2D eigenvalue weighted by atomic mass is 10.0. The molecule has 2 aromatic carbocycles. The lowest BCUT2D eigenvalue weighted by Gasteiger charge is -2.13. The summed E-state index contributed by atoms with van der Waals surface area (Å²) in [5, 5.41) is 9.74. The van der Waals surface area contributed by atoms with E-state index in [0.29, 0.717) is 18.2 Å². The minimum atomic E-state index is -1.98. The Hall–Kier alpha value is -2.02. The average molecular weight is 292 g/mol. The van der Waals surface area contributed by atoms with Gasteiger partial charge in [0.2, 0.25) is 0 Å². The average Bonchev–Trinajstić information content (AvgIpc) is 2.41. The van der Waals surface area contributed by atoms with Crippen LogP contribution in [0.3, 0.4) is 0 Å². The fourth-order valence-corrected chi connectivity index (χ4v) is 1.66. The van der Waals surface area contributed by atoms with Crippen molar-refractivity contribution in [2.45, 2.75) is 6.10 Å². The zero-order valence-electron chi connectivity index (χ0n) is 9.60. The van der Waals surface area contributed by atoms with Crippen molar-refractivity contribution >= 4 is 0 Å². The summed E-state index contributed by atoms with van der Waals surface area (Å²) in [6.45, 7) is 0. The van der Waals surface area contributed by atoms with Crippen LogP contribution in [0.4, 0.5) is 26.3 Å². The minimum absolute atomic E-state index is 0.434. The Morgan fingerprint density at radius 2 is 1.25 bits per heavy atom. The van der Waals surface area contributed by atoms with Crippen LogP contribution in [0.2, 0.25) is 0 Å². The Kier molecular flexibility index (Phi) is 3.71. The molecule has 0 aliphatic heterocycles. The van der Waals surface area contributed by atoms with Crippen LogP contribution in [0.15, 0.2) is 24.3 Å². The highest BCUT2D eigenvalue weighted by Crippen LogP contribution is 2.28. The molecule has 2 rings (SSSR count). The Labute approximate surface area is 109 Å². The summed E-state index contributed by atoms with van der Waals surface area (Å²) in [6, 6.07) is 2.14. The van der Waals surface area contributed by atoms with Gasteiger partial charge in [-0.05, 0) is 23.8 Å². The van der Waals surface area contributed by atoms with E-state index < -0.39 is 52.1 Å². The molecule has 20 heavy (non-hydrogen) atoms. The molecule has 0 radical (unpaired) electrons. The Morgan fingerprint density at radius 3 is 1.80 bits per heavy atom. The van der Waals surface area contributed by atoms with Crippen molar-refractivity contribution in [1.82, 2.24) is 0 Å². The van der Waals surface area contributed by atoms with Crippen LogP contribution in [-0.2, 0) is 0 Å². The maximum Gasteiger partial charge on any atom is 0.194 e. The van der Waals surface area contributed by atoms with E-state index in [1.165, 1.54) is 0 Å². The topological polar surface area (TPSA) is 20.2 Å². The van der Waals surface area contributed by atoms with Crippen molar-refractivity contribution in [3.05, 3.63) is 70.3 Å². The molecule has 0 spiro atoms. The molecule has 7 heteroatoms. The molecule has 1 N–H and O–H groups in total. The maximum atomic E-state index is 13.4. The van der Waals surface area contributed by atoms with Gasteiger partial charge in [-0.2, -0.15) is 0 Å². The van der Waals surface area contributed by atoms with Crippen LogP contribution in [0, 0.1) is 34.9 Å². The van der Waals surface area contributed by atoms with Gasteiger partial charge in [-0.1, -0.05) is 6.07 Å². The van der Waals surface area contributed by atoms with Crippen LogP contribution in [0.5, 0.6) is 0 Å². The molecule has 1 unspecified atom stereocenters. The first kappa shape index (κ1) is 14.4. The lowest BCUT2D eigenvalue weighted by Crippen LogP contribution is -2.07. The summed E-state index contributed by atoms with van der Waals surface area (Å²) in [5.41, 5.74) is -1.26. The zero-order valence-corrected chi connectivity index (χ0v) is 9.60. The molecule has 0 fully saturated rings. The molecule has 0 bridgehead atoms. The van der Waals surface area contributed by atoms with Gasteiger partial charge in [0.15, 0.2) is 34.9 Å². The maximum absolute atomic E-state index is 13.4. The highest BCUT2D eigenvalue weighted by atomic mass is 19.2. The predicted molar refractivity (Wildman–Crippen MR) is 56.7 cm³/mol. The summed E-state index contributed by atoms with van der Waals surface area (Å²) in [7, 11) is 0. The van der Waals surface area contributed by atoms with E-state index in [4.69, 9.17) is 0 Å². The first-order valence-corrected chi connectivity index (χ1v) is 5.28. The van der Waals surface area contributed by atoms with E-state index in [1.807, 2.05) is 0 Å². The van der Waals surface area contributed by atoms with E-state index >= 15 is 0 Å². The SMILES string of the molecule is OC(c1cc(F)c(F)c(F)c1)c1ccc(F)c(F)c1F. The predicted octanol–water partition coefficient (Wildman–Crippen LogP) is 3.60. The molecule has 0 saturated carbocycles. The minimum Gasteiger partial charge on any atom is -0.384 e. The van der Waals surface area contributed by atoms with E-state index in [0.717, 1.165) is 6.07 Å². The Morgan fingerprint density at radius 1 is 0.700 bits per heavy atom. The summed E-state index contributed by atoms with van der Waals surface area (Å²) in [6.07, 6.45) is -1.98. The van der Waals surface area contributed by atoms with Gasteiger partial charge in [0.1, 0.15) is 6.10 Å². The third-order valence-electron chi connectivity index (χ3n) is 2.68. The summed E-state index contributed by atoms with van der Waals surface area (Å²) in [4.78, 5) is 0. The van der Waals surface area contributed by atoms with Gasteiger partial charge in [-0.25, -0.2) is 26.3 Å². The van der Waals surface area contributed by atoms with Gasteiger partial charge in [0.05, 0.1) is 0 Å². The number of halogens is 6. The van der Waals surface area contributed by atoms with E-state index in [9.17, 15) is 31.4 Å². The van der Waals surface area contributed by atoms with Crippen LogP contribution < -0.4 is 0 Å². The number of benzene rings is 2. The van der Waals surface area contributed by atoms with Gasteiger partial charge >= 0.3 is 0 Å². The fraction of sp³-hybridized carbons (Fsp3) is 0.0769. The highest BCUT2D eigenvalue weighted by Gasteiger charge is 2.22. The molecule has 0 amide bonds. The highest BCUT2D eigenvalue weighted by molar-refractivity contribution is 5.32. The number of hydrogen-bond acceptors (Lipinski definition) is 1. The van der Waals surface area contributed by atoms with Crippen LogP contribution in [0.25, 0.3) is 0 Å². The number of rotatable bonds is 2. The second kappa shape index (κ2) is 5.16. The molecule has 0 aliphatic rings. The first-order chi connectivity index (χ1) is 9.32. The molecule has 2 aromatic rings. The molecule has 1 nitrogen and oxygen atoms in total. The molecular formula is C13H6F6O. The summed E-state index contributed by atoms with van der Waals surface area (Å²) in [5.74, 6) is -9.95. The van der Waals surface area contributed by atoms with Crippen molar-refractivity contribution in [1.29, 1.82) is 0 Å². The van der Waals surface area contributed by atoms with Gasteiger partial charge in [0.25, 0.3) is 0 Å². The number of aliphatic hydroxyl groups excluding tert-OH is 1. The fourth-order valence-electron chi connectivity index (χ4n) is 1.66. The summed E-state index contributed by atoms with van der Waals surface area (Å²) >= 11 is 0. The molecule has 0 aliphatic carbocycles. The van der Waals surface area contributed by atoms with Crippen LogP contribution in [-0.4, -0.2) is 5.11 Å². The Balaban J connectivity index is 2.52. The molecule has 0 saturated heterocycles. The largest absolute Gasteiger partial charge is 0.384 e. The van der Waals surface area contributed by atoms with Crippen molar-refractivity contribution in [2.75, 3.05) is 0 Å². The quantitative estimate of drug-likeness (QED) is 0.662. The van der Waals surface area contributed by atoms with Crippen LogP contribution >= 0.6 is 0 Å². The van der Waals surface area contributed by atoms with Crippen molar-refractivity contribution in [3.8, 4) is 0 Å². The number of hydrogen-bond donors (Lipinski definition) is 1. The van der Waals surface area contributed by atoms with Crippen LogP contribution in [0.1, 0.15) is 17.2 Å². The van der Waals surface area contributed by atoms with E-state index in [-0.39, 0.29) is 0 Å². The first-order valence-electron chi connectivity index (χ1n) is 5.28. The summed E-state index contributed by atoms with van der Waals surface area (Å²) < 4.78 is 78.0. The molecular weight excluding hydrogens is 286 g/mol. The number of aliphatic hydroxyl groups is 1. The molecule has 0 heterocycles. The smallest absolute Gasteiger partial charge is 0.194 e. The van der Waals surface area contributed by atoms with Crippen molar-refractivity contribution in [2.24, 2.45) is 0 Å². The van der Waals surface area contributed by atoms with E-state index in [1.54, 1.807) is 0 Å². The van der Waals surface area contributed by atoms with Gasteiger partial charge in [0, 0.05) is 5.56 Å². The van der Waals surface area contributed by atoms with E-state index in [2.05, 4.69) is 0 Å². The second-order valence-corrected chi connectivity index (χ2v) is 3.97. The van der Waals surface area contributed by atoms with Crippen molar-refractivity contribution in [3.63, 3.8) is 0 Å². The third kappa shape index (κ3) is 2.36. The zero-order chi connectivity index (χ0) is 15.0. The molecule has 0 aromatic heterocycles. The monoisotopic (exact) mass is 292 g/mol. The van der Waals surface area contributed by atoms with Gasteiger partial charge < -0.3 is 5.11 Å². The standard InChI is InChI=1S/C13H6F6O/c14-7-2-1-6(10(17)12(7)19)13(20)5-3-8(15)11(18)9(16)4-5/h1-4,13,20H.